The Labute approximate surface area is 124 Å². The number of sulfonamides is 1. The molecule has 1 N–H and O–H groups in total. The highest BCUT2D eigenvalue weighted by Crippen LogP contribution is 2.25. The number of nitrogens with one attached hydrogen (secondary N) is 1. The monoisotopic (exact) mass is 328 g/mol. The van der Waals surface area contributed by atoms with E-state index >= 15 is 0 Å². The average Bonchev–Trinajstić information content (AvgIpc) is 2.97. The lowest BCUT2D eigenvalue weighted by Gasteiger charge is -2.05. The van der Waals surface area contributed by atoms with Crippen molar-refractivity contribution in [2.45, 2.75) is 11.6 Å². The van der Waals surface area contributed by atoms with Crippen molar-refractivity contribution in [2.75, 3.05) is 0 Å². The number of fused-ring (bicyclic) bond motifs is 1. The van der Waals surface area contributed by atoms with Crippen molar-refractivity contribution in [3.05, 3.63) is 46.8 Å². The third-order valence-electron chi connectivity index (χ3n) is 2.62. The summed E-state index contributed by atoms with van der Waals surface area (Å²) in [6.45, 7) is 0.143. The van der Waals surface area contributed by atoms with Crippen LogP contribution in [0.25, 0.3) is 4.96 Å². The molecule has 6 nitrogen and oxygen atoms in total. The van der Waals surface area contributed by atoms with Crippen LogP contribution in [0.4, 0.5) is 0 Å². The minimum atomic E-state index is -3.74. The Morgan fingerprint density at radius 2 is 2.30 bits per heavy atom. The Morgan fingerprint density at radius 1 is 1.45 bits per heavy atom. The Morgan fingerprint density at radius 3 is 3.05 bits per heavy atom. The molecule has 0 amide bonds. The van der Waals surface area contributed by atoms with Crippen molar-refractivity contribution in [1.82, 2.24) is 19.1 Å². The molecule has 0 unspecified atom stereocenters. The number of pyridine rings is 1. The summed E-state index contributed by atoms with van der Waals surface area (Å²) in [5, 5.41) is 1.67. The van der Waals surface area contributed by atoms with Crippen LogP contribution in [-0.4, -0.2) is 22.8 Å². The summed E-state index contributed by atoms with van der Waals surface area (Å²) < 4.78 is 28.6. The van der Waals surface area contributed by atoms with Gasteiger partial charge in [-0.1, -0.05) is 17.7 Å². The summed E-state index contributed by atoms with van der Waals surface area (Å²) in [5.41, 5.74) is 0.762. The van der Waals surface area contributed by atoms with Crippen molar-refractivity contribution in [3.63, 3.8) is 0 Å². The van der Waals surface area contributed by atoms with Gasteiger partial charge in [-0.25, -0.2) is 18.1 Å². The van der Waals surface area contributed by atoms with Gasteiger partial charge in [0.1, 0.15) is 0 Å². The van der Waals surface area contributed by atoms with Gasteiger partial charge >= 0.3 is 0 Å². The van der Waals surface area contributed by atoms with Crippen molar-refractivity contribution < 1.29 is 8.42 Å². The SMILES string of the molecule is O=S(=O)(NCc1cccnc1)c1c(Cl)nc2sccn12. The number of hydrogen-bond donors (Lipinski definition) is 1. The maximum atomic E-state index is 12.3. The molecule has 9 heteroatoms. The topological polar surface area (TPSA) is 76.4 Å². The van der Waals surface area contributed by atoms with Crippen LogP contribution in [-0.2, 0) is 16.6 Å². The predicted molar refractivity (Wildman–Crippen MR) is 76.3 cm³/mol. The van der Waals surface area contributed by atoms with Crippen LogP contribution in [0.1, 0.15) is 5.56 Å². The Hall–Kier alpha value is -1.48. The third kappa shape index (κ3) is 2.42. The molecule has 0 bridgehead atoms. The van der Waals surface area contributed by atoms with E-state index in [0.717, 1.165) is 5.56 Å². The van der Waals surface area contributed by atoms with Crippen LogP contribution in [0, 0.1) is 0 Å². The molecule has 0 aliphatic carbocycles. The zero-order valence-electron chi connectivity index (χ0n) is 10.0. The fraction of sp³-hybridized carbons (Fsp3) is 0.0909. The third-order valence-corrected chi connectivity index (χ3v) is 5.18. The van der Waals surface area contributed by atoms with Gasteiger partial charge < -0.3 is 0 Å². The second-order valence-corrected chi connectivity index (χ2v) is 6.86. The standard InChI is InChI=1S/C11H9ClN4O2S2/c12-9-10(16-4-5-19-11(16)15-9)20(17,18)14-7-8-2-1-3-13-6-8/h1-6,14H,7H2. The van der Waals surface area contributed by atoms with Crippen molar-refractivity contribution in [1.29, 1.82) is 0 Å². The number of halogens is 1. The molecule has 20 heavy (non-hydrogen) atoms. The highest BCUT2D eigenvalue weighted by Gasteiger charge is 2.24. The molecule has 104 valence electrons. The maximum Gasteiger partial charge on any atom is 0.260 e. The summed E-state index contributed by atoms with van der Waals surface area (Å²) >= 11 is 7.24. The first-order valence-electron chi connectivity index (χ1n) is 5.57. The van der Waals surface area contributed by atoms with Crippen molar-refractivity contribution >= 4 is 37.9 Å². The minimum Gasteiger partial charge on any atom is -0.279 e. The second-order valence-electron chi connectivity index (χ2n) is 3.95. The number of aromatic nitrogens is 3. The van der Waals surface area contributed by atoms with E-state index in [1.54, 1.807) is 36.1 Å². The van der Waals surface area contributed by atoms with Gasteiger partial charge in [-0.05, 0) is 11.6 Å². The van der Waals surface area contributed by atoms with E-state index in [0.29, 0.717) is 4.96 Å². The van der Waals surface area contributed by atoms with Crippen LogP contribution < -0.4 is 4.72 Å². The summed E-state index contributed by atoms with van der Waals surface area (Å²) in [5.74, 6) is 0. The van der Waals surface area contributed by atoms with Crippen LogP contribution in [0.5, 0.6) is 0 Å². The Balaban J connectivity index is 1.92. The number of rotatable bonds is 4. The highest BCUT2D eigenvalue weighted by atomic mass is 35.5. The van der Waals surface area contributed by atoms with E-state index in [1.807, 2.05) is 0 Å². The number of nitrogens with zero attached hydrogens (tertiary/aromatic N) is 3. The van der Waals surface area contributed by atoms with Gasteiger partial charge in [0.2, 0.25) is 0 Å². The van der Waals surface area contributed by atoms with Crippen molar-refractivity contribution in [3.8, 4) is 0 Å². The Kier molecular flexibility index (Phi) is 3.47. The summed E-state index contributed by atoms with van der Waals surface area (Å²) in [6.07, 6.45) is 4.85. The van der Waals surface area contributed by atoms with Gasteiger partial charge in [0, 0.05) is 30.5 Å². The summed E-state index contributed by atoms with van der Waals surface area (Å²) in [6, 6.07) is 3.53. The second kappa shape index (κ2) is 5.13. The molecule has 0 fully saturated rings. The predicted octanol–water partition coefficient (Wildman–Crippen LogP) is 1.92. The van der Waals surface area contributed by atoms with E-state index in [2.05, 4.69) is 14.7 Å². The van der Waals surface area contributed by atoms with E-state index < -0.39 is 10.0 Å². The number of imidazole rings is 1. The van der Waals surface area contributed by atoms with Gasteiger partial charge in [-0.15, -0.1) is 11.3 Å². The molecule has 3 aromatic rings. The van der Waals surface area contributed by atoms with E-state index in [9.17, 15) is 8.42 Å². The molecule has 3 heterocycles. The summed E-state index contributed by atoms with van der Waals surface area (Å²) in [4.78, 5) is 8.48. The smallest absolute Gasteiger partial charge is 0.260 e. The van der Waals surface area contributed by atoms with Gasteiger partial charge in [0.15, 0.2) is 15.1 Å². The number of hydrogen-bond acceptors (Lipinski definition) is 5. The molecule has 0 aromatic carbocycles. The molecule has 3 aromatic heterocycles. The zero-order chi connectivity index (χ0) is 14.2. The molecule has 0 aliphatic heterocycles. The lowest BCUT2D eigenvalue weighted by atomic mass is 10.3. The van der Waals surface area contributed by atoms with Gasteiger partial charge in [0.05, 0.1) is 0 Å². The van der Waals surface area contributed by atoms with E-state index in [1.165, 1.54) is 15.7 Å². The largest absolute Gasteiger partial charge is 0.279 e. The molecular weight excluding hydrogens is 320 g/mol. The van der Waals surface area contributed by atoms with Gasteiger partial charge in [-0.3, -0.25) is 9.38 Å². The van der Waals surface area contributed by atoms with Crippen LogP contribution in [0.15, 0.2) is 41.1 Å². The fourth-order valence-corrected chi connectivity index (χ4v) is 4.19. The first-order chi connectivity index (χ1) is 9.58. The molecule has 0 saturated carbocycles. The van der Waals surface area contributed by atoms with Gasteiger partial charge in [0.25, 0.3) is 10.0 Å². The van der Waals surface area contributed by atoms with Crippen LogP contribution >= 0.6 is 22.9 Å². The van der Waals surface area contributed by atoms with E-state index in [4.69, 9.17) is 11.6 Å². The molecule has 0 saturated heterocycles. The zero-order valence-corrected chi connectivity index (χ0v) is 12.4. The van der Waals surface area contributed by atoms with Gasteiger partial charge in [-0.2, -0.15) is 0 Å². The normalized spacial score (nSPS) is 12.1. The van der Waals surface area contributed by atoms with Crippen LogP contribution in [0.2, 0.25) is 5.15 Å². The minimum absolute atomic E-state index is 0.0319. The van der Waals surface area contributed by atoms with Crippen molar-refractivity contribution in [2.24, 2.45) is 0 Å². The maximum absolute atomic E-state index is 12.3. The fourth-order valence-electron chi connectivity index (χ4n) is 1.73. The molecular formula is C11H9ClN4O2S2. The van der Waals surface area contributed by atoms with Crippen LogP contribution in [0.3, 0.4) is 0 Å². The van der Waals surface area contributed by atoms with E-state index in [-0.39, 0.29) is 16.7 Å². The average molecular weight is 329 g/mol. The highest BCUT2D eigenvalue weighted by molar-refractivity contribution is 7.89. The first-order valence-corrected chi connectivity index (χ1v) is 8.31. The first kappa shape index (κ1) is 13.5. The molecule has 0 spiro atoms. The molecule has 3 rings (SSSR count). The lowest BCUT2D eigenvalue weighted by molar-refractivity contribution is 0.576. The molecule has 0 radical (unpaired) electrons. The summed E-state index contributed by atoms with van der Waals surface area (Å²) in [7, 11) is -3.74. The quantitative estimate of drug-likeness (QED) is 0.794. The lowest BCUT2D eigenvalue weighted by Crippen LogP contribution is -2.24. The number of thiazole rings is 1. The molecule has 0 aliphatic rings. The molecule has 0 atom stereocenters. The Bertz CT molecular complexity index is 842.